The van der Waals surface area contributed by atoms with Crippen LogP contribution in [0.3, 0.4) is 0 Å². The van der Waals surface area contributed by atoms with Gasteiger partial charge in [-0.25, -0.2) is 0 Å². The molecule has 0 saturated heterocycles. The first kappa shape index (κ1) is 13.7. The van der Waals surface area contributed by atoms with Crippen molar-refractivity contribution >= 4 is 11.6 Å². The quantitative estimate of drug-likeness (QED) is 0.507. The molecule has 0 bridgehead atoms. The van der Waals surface area contributed by atoms with Gasteiger partial charge in [-0.1, -0.05) is 12.1 Å². The minimum absolute atomic E-state index is 0.256. The van der Waals surface area contributed by atoms with Crippen LogP contribution in [-0.4, -0.2) is 16.1 Å². The third kappa shape index (κ3) is 2.83. The number of nitrogens with one attached hydrogen (secondary N) is 1. The Morgan fingerprint density at radius 2 is 1.95 bits per heavy atom. The third-order valence-corrected chi connectivity index (χ3v) is 3.16. The van der Waals surface area contributed by atoms with E-state index in [2.05, 4.69) is 5.32 Å². The van der Waals surface area contributed by atoms with Crippen molar-refractivity contribution in [2.45, 2.75) is 13.5 Å². The first-order valence-electron chi connectivity index (χ1n) is 6.13. The molecule has 5 heteroatoms. The Kier molecular flexibility index (Phi) is 3.79. The lowest BCUT2D eigenvalue weighted by Crippen LogP contribution is -2.23. The highest BCUT2D eigenvalue weighted by Gasteiger charge is 2.09. The highest BCUT2D eigenvalue weighted by atomic mass is 16.3. The van der Waals surface area contributed by atoms with Crippen molar-refractivity contribution in [1.29, 1.82) is 0 Å². The predicted molar refractivity (Wildman–Crippen MR) is 76.5 cm³/mol. The number of nitrogens with two attached hydrogens (primary N) is 1. The Bertz CT molecular complexity index is 654. The van der Waals surface area contributed by atoms with E-state index in [4.69, 9.17) is 5.73 Å². The summed E-state index contributed by atoms with van der Waals surface area (Å²) < 4.78 is 0. The van der Waals surface area contributed by atoms with Crippen LogP contribution in [0.25, 0.3) is 0 Å². The second-order valence-electron chi connectivity index (χ2n) is 4.52. The van der Waals surface area contributed by atoms with Crippen LogP contribution in [0.4, 0.5) is 5.69 Å². The lowest BCUT2D eigenvalue weighted by molar-refractivity contribution is 0.0950. The van der Waals surface area contributed by atoms with E-state index in [1.807, 2.05) is 19.1 Å². The zero-order chi connectivity index (χ0) is 14.7. The maximum atomic E-state index is 11.9. The van der Waals surface area contributed by atoms with E-state index in [1.165, 1.54) is 18.2 Å². The number of nitrogen functional groups attached to an aromatic ring is 1. The van der Waals surface area contributed by atoms with Gasteiger partial charge in [0.25, 0.3) is 5.91 Å². The summed E-state index contributed by atoms with van der Waals surface area (Å²) >= 11 is 0. The molecule has 104 valence electrons. The van der Waals surface area contributed by atoms with Crippen LogP contribution in [0.15, 0.2) is 36.4 Å². The molecule has 0 fully saturated rings. The maximum Gasteiger partial charge on any atom is 0.251 e. The molecule has 2 rings (SSSR count). The standard InChI is InChI=1S/C15H16N2O3/c1-9-11(3-2-4-12(9)16)8-17-15(20)10-5-6-13(18)14(19)7-10/h2-7,18-19H,8,16H2,1H3,(H,17,20). The number of hydrogen-bond acceptors (Lipinski definition) is 4. The zero-order valence-electron chi connectivity index (χ0n) is 11.1. The third-order valence-electron chi connectivity index (χ3n) is 3.16. The summed E-state index contributed by atoms with van der Waals surface area (Å²) in [5, 5.41) is 21.3. The molecule has 0 spiro atoms. The van der Waals surface area contributed by atoms with Crippen LogP contribution in [0.1, 0.15) is 21.5 Å². The van der Waals surface area contributed by atoms with E-state index >= 15 is 0 Å². The SMILES string of the molecule is Cc1c(N)cccc1CNC(=O)c1ccc(O)c(O)c1. The van der Waals surface area contributed by atoms with Gasteiger partial charge in [0.15, 0.2) is 11.5 Å². The summed E-state index contributed by atoms with van der Waals surface area (Å²) in [7, 11) is 0. The van der Waals surface area contributed by atoms with E-state index in [9.17, 15) is 15.0 Å². The van der Waals surface area contributed by atoms with Gasteiger partial charge in [-0.05, 0) is 42.3 Å². The van der Waals surface area contributed by atoms with E-state index < -0.39 is 0 Å². The van der Waals surface area contributed by atoms with E-state index in [1.54, 1.807) is 6.07 Å². The summed E-state index contributed by atoms with van der Waals surface area (Å²) in [6, 6.07) is 9.46. The fourth-order valence-corrected chi connectivity index (χ4v) is 1.84. The van der Waals surface area contributed by atoms with Gasteiger partial charge in [0.1, 0.15) is 0 Å². The lowest BCUT2D eigenvalue weighted by atomic mass is 10.1. The number of rotatable bonds is 3. The Morgan fingerprint density at radius 3 is 2.65 bits per heavy atom. The second-order valence-corrected chi connectivity index (χ2v) is 4.52. The molecular weight excluding hydrogens is 256 g/mol. The van der Waals surface area contributed by atoms with Crippen LogP contribution < -0.4 is 11.1 Å². The molecule has 2 aromatic rings. The van der Waals surface area contributed by atoms with Gasteiger partial charge in [0.05, 0.1) is 0 Å². The average Bonchev–Trinajstić information content (AvgIpc) is 2.43. The summed E-state index contributed by atoms with van der Waals surface area (Å²) in [5.41, 5.74) is 8.62. The van der Waals surface area contributed by atoms with E-state index in [0.717, 1.165) is 11.1 Å². The molecule has 2 aromatic carbocycles. The van der Waals surface area contributed by atoms with Gasteiger partial charge in [0.2, 0.25) is 0 Å². The number of benzene rings is 2. The number of phenols is 2. The van der Waals surface area contributed by atoms with Crippen molar-refractivity contribution in [3.8, 4) is 11.5 Å². The Balaban J connectivity index is 2.08. The summed E-state index contributed by atoms with van der Waals surface area (Å²) in [5.74, 6) is -0.909. The minimum Gasteiger partial charge on any atom is -0.504 e. The number of aromatic hydroxyl groups is 2. The first-order valence-corrected chi connectivity index (χ1v) is 6.13. The number of carbonyl (C=O) groups excluding carboxylic acids is 1. The van der Waals surface area contributed by atoms with Crippen LogP contribution >= 0.6 is 0 Å². The highest BCUT2D eigenvalue weighted by Crippen LogP contribution is 2.24. The molecule has 5 N–H and O–H groups in total. The lowest BCUT2D eigenvalue weighted by Gasteiger charge is -2.10. The largest absolute Gasteiger partial charge is 0.504 e. The molecule has 0 unspecified atom stereocenters. The molecule has 20 heavy (non-hydrogen) atoms. The van der Waals surface area contributed by atoms with Crippen LogP contribution in [0.2, 0.25) is 0 Å². The zero-order valence-corrected chi connectivity index (χ0v) is 11.1. The monoisotopic (exact) mass is 272 g/mol. The number of anilines is 1. The van der Waals surface area contributed by atoms with Crippen molar-refractivity contribution in [1.82, 2.24) is 5.32 Å². The van der Waals surface area contributed by atoms with Crippen LogP contribution in [0, 0.1) is 6.92 Å². The first-order chi connectivity index (χ1) is 9.49. The second kappa shape index (κ2) is 5.52. The number of hydrogen-bond donors (Lipinski definition) is 4. The Labute approximate surface area is 116 Å². The Morgan fingerprint density at radius 1 is 1.20 bits per heavy atom. The van der Waals surface area contributed by atoms with Crippen molar-refractivity contribution in [3.63, 3.8) is 0 Å². The molecule has 0 heterocycles. The van der Waals surface area contributed by atoms with Gasteiger partial charge < -0.3 is 21.3 Å². The van der Waals surface area contributed by atoms with E-state index in [-0.39, 0.29) is 23.0 Å². The summed E-state index contributed by atoms with van der Waals surface area (Å²) in [6.07, 6.45) is 0. The van der Waals surface area contributed by atoms with Gasteiger partial charge in [0, 0.05) is 17.8 Å². The maximum absolute atomic E-state index is 11.9. The van der Waals surface area contributed by atoms with Crippen molar-refractivity contribution in [2.24, 2.45) is 0 Å². The molecule has 5 nitrogen and oxygen atoms in total. The van der Waals surface area contributed by atoms with E-state index in [0.29, 0.717) is 12.2 Å². The van der Waals surface area contributed by atoms with Gasteiger partial charge in [-0.3, -0.25) is 4.79 Å². The molecule has 0 aliphatic carbocycles. The molecule has 0 aliphatic heterocycles. The minimum atomic E-state index is -0.331. The van der Waals surface area contributed by atoms with Crippen molar-refractivity contribution < 1.29 is 15.0 Å². The van der Waals surface area contributed by atoms with Crippen LogP contribution in [0.5, 0.6) is 11.5 Å². The van der Waals surface area contributed by atoms with Crippen molar-refractivity contribution in [3.05, 3.63) is 53.1 Å². The summed E-state index contributed by atoms with van der Waals surface area (Å²) in [6.45, 7) is 2.24. The average molecular weight is 272 g/mol. The topological polar surface area (TPSA) is 95.6 Å². The molecule has 0 atom stereocenters. The smallest absolute Gasteiger partial charge is 0.251 e. The fraction of sp³-hybridized carbons (Fsp3) is 0.133. The molecule has 0 radical (unpaired) electrons. The number of phenolic OH excluding ortho intramolecular Hbond substituents is 2. The van der Waals surface area contributed by atoms with Gasteiger partial charge >= 0.3 is 0 Å². The molecule has 0 aliphatic rings. The highest BCUT2D eigenvalue weighted by molar-refractivity contribution is 5.94. The van der Waals surface area contributed by atoms with Gasteiger partial charge in [-0.15, -0.1) is 0 Å². The molecule has 0 saturated carbocycles. The number of carbonyl (C=O) groups is 1. The molecular formula is C15H16N2O3. The predicted octanol–water partition coefficient (Wildman–Crippen LogP) is 1.92. The number of amides is 1. The van der Waals surface area contributed by atoms with Gasteiger partial charge in [-0.2, -0.15) is 0 Å². The van der Waals surface area contributed by atoms with Crippen molar-refractivity contribution in [2.75, 3.05) is 5.73 Å². The van der Waals surface area contributed by atoms with Crippen LogP contribution in [-0.2, 0) is 6.54 Å². The molecule has 0 aromatic heterocycles. The Hall–Kier alpha value is -2.69. The normalized spacial score (nSPS) is 10.2. The molecule has 1 amide bonds. The summed E-state index contributed by atoms with van der Waals surface area (Å²) in [4.78, 5) is 11.9. The fourth-order valence-electron chi connectivity index (χ4n) is 1.84.